The molecule has 1 aromatic heterocycles. The Morgan fingerprint density at radius 1 is 1.16 bits per heavy atom. The van der Waals surface area contributed by atoms with Gasteiger partial charge in [0.2, 0.25) is 5.88 Å². The summed E-state index contributed by atoms with van der Waals surface area (Å²) in [7, 11) is 0. The highest BCUT2D eigenvalue weighted by atomic mass is 35.5. The maximum Gasteiger partial charge on any atom is 0.417 e. The fraction of sp³-hybridized carbons (Fsp3) is 0.133. The zero-order valence-corrected chi connectivity index (χ0v) is 14.3. The largest absolute Gasteiger partial charge is 0.489 e. The lowest BCUT2D eigenvalue weighted by Crippen LogP contribution is -2.05. The molecule has 0 unspecified atom stereocenters. The van der Waals surface area contributed by atoms with Crippen molar-refractivity contribution in [3.63, 3.8) is 0 Å². The van der Waals surface area contributed by atoms with E-state index in [0.717, 1.165) is 18.2 Å². The van der Waals surface area contributed by atoms with Crippen LogP contribution < -0.4 is 9.47 Å². The zero-order chi connectivity index (χ0) is 18.6. The second-order valence-electron chi connectivity index (χ2n) is 4.51. The summed E-state index contributed by atoms with van der Waals surface area (Å²) in [5.41, 5.74) is -0.916. The van der Waals surface area contributed by atoms with E-state index < -0.39 is 17.0 Å². The smallest absolute Gasteiger partial charge is 0.417 e. The van der Waals surface area contributed by atoms with E-state index in [-0.39, 0.29) is 34.0 Å². The molecule has 2 rings (SSSR count). The maximum atomic E-state index is 12.5. The lowest BCUT2D eigenvalue weighted by molar-refractivity contribution is -0.137. The molecule has 0 aliphatic heterocycles. The van der Waals surface area contributed by atoms with Gasteiger partial charge in [-0.15, -0.1) is 0 Å². The van der Waals surface area contributed by atoms with Crippen molar-refractivity contribution >= 4 is 34.8 Å². The van der Waals surface area contributed by atoms with Gasteiger partial charge in [-0.3, -0.25) is 0 Å². The van der Waals surface area contributed by atoms with Crippen LogP contribution in [0.4, 0.5) is 17.6 Å². The first-order chi connectivity index (χ1) is 11.7. The lowest BCUT2D eigenvalue weighted by atomic mass is 10.3. The minimum atomic E-state index is -4.50. The number of halogens is 7. The molecular formula is C15H8Cl3F4NO2. The Morgan fingerprint density at radius 2 is 1.80 bits per heavy atom. The molecule has 0 radical (unpaired) electrons. The SMILES string of the molecule is F/C(Cl)=C/COc1cc(Cl)c(Oc2ccc(C(F)(F)F)cn2)c(Cl)c1. The Labute approximate surface area is 154 Å². The molecule has 0 bridgehead atoms. The molecule has 0 fully saturated rings. The van der Waals surface area contributed by atoms with Crippen LogP contribution in [0.5, 0.6) is 17.4 Å². The molecule has 10 heteroatoms. The first-order valence-electron chi connectivity index (χ1n) is 6.51. The first-order valence-corrected chi connectivity index (χ1v) is 7.64. The minimum Gasteiger partial charge on any atom is -0.489 e. The van der Waals surface area contributed by atoms with Gasteiger partial charge in [0.05, 0.1) is 15.6 Å². The molecule has 1 aromatic carbocycles. The number of ether oxygens (including phenoxy) is 2. The molecule has 3 nitrogen and oxygen atoms in total. The molecule has 0 aliphatic rings. The van der Waals surface area contributed by atoms with E-state index in [1.165, 1.54) is 12.1 Å². The highest BCUT2D eigenvalue weighted by Crippen LogP contribution is 2.39. The van der Waals surface area contributed by atoms with Gasteiger partial charge in [-0.05, 0) is 6.07 Å². The average molecular weight is 417 g/mol. The van der Waals surface area contributed by atoms with Gasteiger partial charge >= 0.3 is 6.18 Å². The zero-order valence-electron chi connectivity index (χ0n) is 12.1. The van der Waals surface area contributed by atoms with Crippen LogP contribution in [0.1, 0.15) is 5.56 Å². The van der Waals surface area contributed by atoms with Crippen molar-refractivity contribution in [2.75, 3.05) is 6.61 Å². The molecule has 0 saturated heterocycles. The number of pyridine rings is 1. The number of hydrogen-bond donors (Lipinski definition) is 0. The van der Waals surface area contributed by atoms with E-state index in [1.807, 2.05) is 0 Å². The van der Waals surface area contributed by atoms with Gasteiger partial charge in [-0.25, -0.2) is 4.98 Å². The molecule has 0 N–H and O–H groups in total. The van der Waals surface area contributed by atoms with Gasteiger partial charge in [0.25, 0.3) is 0 Å². The Morgan fingerprint density at radius 3 is 2.28 bits per heavy atom. The van der Waals surface area contributed by atoms with E-state index in [2.05, 4.69) is 4.98 Å². The fourth-order valence-corrected chi connectivity index (χ4v) is 2.24. The molecule has 2 aromatic rings. The monoisotopic (exact) mass is 415 g/mol. The number of hydrogen-bond acceptors (Lipinski definition) is 3. The predicted molar refractivity (Wildman–Crippen MR) is 86.3 cm³/mol. The standard InChI is InChI=1S/C15H8Cl3F4NO2/c16-10-5-9(24-4-3-12(18)19)6-11(17)14(10)25-13-2-1-8(7-23-13)15(20,21)22/h1-3,5-7H,4H2/b12-3+. The summed E-state index contributed by atoms with van der Waals surface area (Å²) < 4.78 is 60.3. The highest BCUT2D eigenvalue weighted by Gasteiger charge is 2.30. The molecule has 25 heavy (non-hydrogen) atoms. The van der Waals surface area contributed by atoms with E-state index in [0.29, 0.717) is 6.20 Å². The molecule has 0 saturated carbocycles. The van der Waals surface area contributed by atoms with Crippen molar-refractivity contribution in [2.45, 2.75) is 6.18 Å². The number of alkyl halides is 3. The van der Waals surface area contributed by atoms with Crippen LogP contribution in [0.15, 0.2) is 41.8 Å². The van der Waals surface area contributed by atoms with Crippen LogP contribution in [0.2, 0.25) is 10.0 Å². The van der Waals surface area contributed by atoms with E-state index >= 15 is 0 Å². The van der Waals surface area contributed by atoms with Crippen molar-refractivity contribution < 1.29 is 27.0 Å². The molecule has 0 amide bonds. The Hall–Kier alpha value is -1.70. The average Bonchev–Trinajstić information content (AvgIpc) is 2.50. The van der Waals surface area contributed by atoms with Crippen molar-refractivity contribution in [2.24, 2.45) is 0 Å². The Kier molecular flexibility index (Phi) is 6.37. The summed E-state index contributed by atoms with van der Waals surface area (Å²) in [6, 6.07) is 4.53. The Bertz CT molecular complexity index is 752. The van der Waals surface area contributed by atoms with Crippen LogP contribution in [0.3, 0.4) is 0 Å². The van der Waals surface area contributed by atoms with E-state index in [4.69, 9.17) is 44.3 Å². The van der Waals surface area contributed by atoms with Crippen LogP contribution >= 0.6 is 34.8 Å². The number of benzene rings is 1. The van der Waals surface area contributed by atoms with Crippen molar-refractivity contribution in [3.8, 4) is 17.4 Å². The van der Waals surface area contributed by atoms with Gasteiger partial charge in [-0.2, -0.15) is 17.6 Å². The van der Waals surface area contributed by atoms with Crippen molar-refractivity contribution in [1.82, 2.24) is 4.98 Å². The lowest BCUT2D eigenvalue weighted by Gasteiger charge is -2.12. The second-order valence-corrected chi connectivity index (χ2v) is 5.68. The summed E-state index contributed by atoms with van der Waals surface area (Å²) >= 11 is 17.1. The topological polar surface area (TPSA) is 31.4 Å². The summed E-state index contributed by atoms with van der Waals surface area (Å²) in [6.07, 6.45) is -2.89. The third-order valence-corrected chi connectivity index (χ3v) is 3.45. The minimum absolute atomic E-state index is 0.0120. The Balaban J connectivity index is 2.16. The molecular weight excluding hydrogens is 409 g/mol. The summed E-state index contributed by atoms with van der Waals surface area (Å²) in [5, 5.41) is -0.871. The number of nitrogens with zero attached hydrogens (tertiary/aromatic N) is 1. The molecule has 0 spiro atoms. The van der Waals surface area contributed by atoms with Gasteiger partial charge < -0.3 is 9.47 Å². The fourth-order valence-electron chi connectivity index (χ4n) is 1.63. The van der Waals surface area contributed by atoms with Crippen LogP contribution in [0.25, 0.3) is 0 Å². The molecule has 1 heterocycles. The van der Waals surface area contributed by atoms with E-state index in [1.54, 1.807) is 0 Å². The summed E-state index contributed by atoms with van der Waals surface area (Å²) in [5.74, 6) is 0.0801. The first kappa shape index (κ1) is 19.6. The maximum absolute atomic E-state index is 12.5. The van der Waals surface area contributed by atoms with Crippen LogP contribution in [0, 0.1) is 0 Å². The van der Waals surface area contributed by atoms with Gasteiger partial charge in [0, 0.05) is 30.5 Å². The van der Waals surface area contributed by atoms with Gasteiger partial charge in [0.1, 0.15) is 12.4 Å². The highest BCUT2D eigenvalue weighted by molar-refractivity contribution is 6.37. The summed E-state index contributed by atoms with van der Waals surface area (Å²) in [6.45, 7) is -0.150. The van der Waals surface area contributed by atoms with Crippen molar-refractivity contribution in [1.29, 1.82) is 0 Å². The number of aromatic nitrogens is 1. The molecule has 0 atom stereocenters. The van der Waals surface area contributed by atoms with Crippen molar-refractivity contribution in [3.05, 3.63) is 57.4 Å². The van der Waals surface area contributed by atoms with Crippen LogP contribution in [-0.2, 0) is 6.18 Å². The third kappa shape index (κ3) is 5.66. The van der Waals surface area contributed by atoms with E-state index in [9.17, 15) is 17.6 Å². The summed E-state index contributed by atoms with van der Waals surface area (Å²) in [4.78, 5) is 3.56. The van der Waals surface area contributed by atoms with Crippen LogP contribution in [-0.4, -0.2) is 11.6 Å². The molecule has 134 valence electrons. The normalized spacial score (nSPS) is 12.2. The predicted octanol–water partition coefficient (Wildman–Crippen LogP) is 6.63. The molecule has 0 aliphatic carbocycles. The van der Waals surface area contributed by atoms with Gasteiger partial charge in [-0.1, -0.05) is 34.8 Å². The quantitative estimate of drug-likeness (QED) is 0.513. The van der Waals surface area contributed by atoms with Gasteiger partial charge in [0.15, 0.2) is 11.0 Å². The third-order valence-electron chi connectivity index (χ3n) is 2.73. The number of rotatable bonds is 5. The second kappa shape index (κ2) is 8.12.